The van der Waals surface area contributed by atoms with Crippen molar-refractivity contribution in [3.63, 3.8) is 0 Å². The van der Waals surface area contributed by atoms with Crippen LogP contribution in [0.1, 0.15) is 35.6 Å². The predicted molar refractivity (Wildman–Crippen MR) is 95.2 cm³/mol. The average molecular weight is 311 g/mol. The van der Waals surface area contributed by atoms with Crippen LogP contribution >= 0.6 is 0 Å². The monoisotopic (exact) mass is 311 g/mol. The summed E-state index contributed by atoms with van der Waals surface area (Å²) in [6.07, 6.45) is 0.111. The zero-order valence-electron chi connectivity index (χ0n) is 14.6. The molecule has 3 nitrogen and oxygen atoms in total. The van der Waals surface area contributed by atoms with Gasteiger partial charge in [-0.1, -0.05) is 31.2 Å². The van der Waals surface area contributed by atoms with Crippen LogP contribution in [0.4, 0.5) is 5.69 Å². The van der Waals surface area contributed by atoms with Gasteiger partial charge >= 0.3 is 0 Å². The summed E-state index contributed by atoms with van der Waals surface area (Å²) in [5, 5.41) is 2.99. The van der Waals surface area contributed by atoms with E-state index >= 15 is 0 Å². The van der Waals surface area contributed by atoms with Gasteiger partial charge in [-0.2, -0.15) is 0 Å². The molecule has 2 rings (SSSR count). The van der Waals surface area contributed by atoms with Crippen molar-refractivity contribution in [2.45, 2.75) is 47.1 Å². The number of nitrogens with one attached hydrogen (secondary N) is 1. The lowest BCUT2D eigenvalue weighted by Crippen LogP contribution is -2.32. The van der Waals surface area contributed by atoms with Crippen LogP contribution in [-0.4, -0.2) is 12.0 Å². The molecule has 1 atom stereocenters. The predicted octanol–water partition coefficient (Wildman–Crippen LogP) is 4.72. The fourth-order valence-electron chi connectivity index (χ4n) is 2.43. The van der Waals surface area contributed by atoms with Gasteiger partial charge in [0.15, 0.2) is 6.10 Å². The number of aryl methyl sites for hydroxylation is 2. The maximum Gasteiger partial charge on any atom is 0.265 e. The van der Waals surface area contributed by atoms with Crippen molar-refractivity contribution in [2.75, 3.05) is 5.32 Å². The van der Waals surface area contributed by atoms with E-state index < -0.39 is 6.10 Å². The summed E-state index contributed by atoms with van der Waals surface area (Å²) in [4.78, 5) is 12.6. The Labute approximate surface area is 138 Å². The first kappa shape index (κ1) is 17.1. The first-order chi connectivity index (χ1) is 10.9. The molecular formula is C20H25NO2. The Morgan fingerprint density at radius 1 is 1.00 bits per heavy atom. The minimum Gasteiger partial charge on any atom is -0.480 e. The summed E-state index contributed by atoms with van der Waals surface area (Å²) in [6, 6.07) is 11.8. The third kappa shape index (κ3) is 3.92. The van der Waals surface area contributed by atoms with E-state index in [-0.39, 0.29) is 5.91 Å². The van der Waals surface area contributed by atoms with E-state index in [9.17, 15) is 4.79 Å². The molecule has 0 radical (unpaired) electrons. The molecular weight excluding hydrogens is 286 g/mol. The molecule has 0 saturated carbocycles. The van der Waals surface area contributed by atoms with Crippen molar-refractivity contribution >= 4 is 11.6 Å². The number of carbonyl (C=O) groups excluding carboxylic acids is 1. The van der Waals surface area contributed by atoms with E-state index in [1.165, 1.54) is 0 Å². The highest BCUT2D eigenvalue weighted by molar-refractivity contribution is 5.95. The molecule has 0 aliphatic carbocycles. The largest absolute Gasteiger partial charge is 0.480 e. The highest BCUT2D eigenvalue weighted by Gasteiger charge is 2.20. The number of hydrogen-bond donors (Lipinski definition) is 1. The molecule has 122 valence electrons. The average Bonchev–Trinajstić information content (AvgIpc) is 2.53. The topological polar surface area (TPSA) is 38.3 Å². The third-order valence-electron chi connectivity index (χ3n) is 4.35. The molecule has 0 aromatic heterocycles. The standard InChI is InChI=1S/C20H25NO2/c1-6-18(23-19-12-8-10-14(3)16(19)5)20(22)21-17-11-7-9-13(2)15(17)4/h7-12,18H,6H2,1-5H3,(H,21,22)/t18-/m0/s1. The molecule has 0 aliphatic heterocycles. The molecule has 0 saturated heterocycles. The van der Waals surface area contributed by atoms with Crippen LogP contribution in [0, 0.1) is 27.7 Å². The lowest BCUT2D eigenvalue weighted by Gasteiger charge is -2.20. The molecule has 0 bridgehead atoms. The van der Waals surface area contributed by atoms with Crippen molar-refractivity contribution in [1.82, 2.24) is 0 Å². The number of amides is 1. The summed E-state index contributed by atoms with van der Waals surface area (Å²) < 4.78 is 5.97. The van der Waals surface area contributed by atoms with Gasteiger partial charge in [0.05, 0.1) is 0 Å². The van der Waals surface area contributed by atoms with Gasteiger partial charge < -0.3 is 10.1 Å². The van der Waals surface area contributed by atoms with E-state index in [4.69, 9.17) is 4.74 Å². The molecule has 23 heavy (non-hydrogen) atoms. The smallest absolute Gasteiger partial charge is 0.265 e. The fourth-order valence-corrected chi connectivity index (χ4v) is 2.43. The SMILES string of the molecule is CC[C@H](Oc1cccc(C)c1C)C(=O)Nc1cccc(C)c1C. The second-order valence-electron chi connectivity index (χ2n) is 5.95. The Balaban J connectivity index is 2.15. The maximum absolute atomic E-state index is 12.6. The van der Waals surface area contributed by atoms with Crippen molar-refractivity contribution in [1.29, 1.82) is 0 Å². The van der Waals surface area contributed by atoms with E-state index in [0.717, 1.165) is 33.7 Å². The Kier molecular flexibility index (Phi) is 5.43. The molecule has 2 aromatic carbocycles. The van der Waals surface area contributed by atoms with Crippen molar-refractivity contribution in [2.24, 2.45) is 0 Å². The van der Waals surface area contributed by atoms with Crippen LogP contribution in [0.5, 0.6) is 5.75 Å². The van der Waals surface area contributed by atoms with Gasteiger partial charge in [0.25, 0.3) is 5.91 Å². The molecule has 2 aromatic rings. The van der Waals surface area contributed by atoms with Crippen LogP contribution in [0.15, 0.2) is 36.4 Å². The molecule has 0 spiro atoms. The summed E-state index contributed by atoms with van der Waals surface area (Å²) in [6.45, 7) is 10.1. The number of ether oxygens (including phenoxy) is 1. The van der Waals surface area contributed by atoms with Crippen LogP contribution in [0.25, 0.3) is 0 Å². The lowest BCUT2D eigenvalue weighted by atomic mass is 10.1. The Morgan fingerprint density at radius 2 is 1.61 bits per heavy atom. The fraction of sp³-hybridized carbons (Fsp3) is 0.350. The summed E-state index contributed by atoms with van der Waals surface area (Å²) >= 11 is 0. The van der Waals surface area contributed by atoms with Gasteiger partial charge in [-0.3, -0.25) is 4.79 Å². The van der Waals surface area contributed by atoms with Crippen molar-refractivity contribution in [3.05, 3.63) is 58.7 Å². The summed E-state index contributed by atoms with van der Waals surface area (Å²) in [5.74, 6) is 0.662. The van der Waals surface area contributed by atoms with Crippen LogP contribution in [-0.2, 0) is 4.79 Å². The second-order valence-corrected chi connectivity index (χ2v) is 5.95. The Hall–Kier alpha value is -2.29. The van der Waals surface area contributed by atoms with Gasteiger partial charge in [-0.15, -0.1) is 0 Å². The zero-order chi connectivity index (χ0) is 17.0. The van der Waals surface area contributed by atoms with Crippen LogP contribution in [0.3, 0.4) is 0 Å². The summed E-state index contributed by atoms with van der Waals surface area (Å²) in [5.41, 5.74) is 5.32. The van der Waals surface area contributed by atoms with Gasteiger partial charge in [0.2, 0.25) is 0 Å². The maximum atomic E-state index is 12.6. The highest BCUT2D eigenvalue weighted by atomic mass is 16.5. The second kappa shape index (κ2) is 7.32. The normalized spacial score (nSPS) is 11.9. The van der Waals surface area contributed by atoms with Crippen LogP contribution < -0.4 is 10.1 Å². The van der Waals surface area contributed by atoms with Crippen molar-refractivity contribution < 1.29 is 9.53 Å². The number of carbonyl (C=O) groups is 1. The number of anilines is 1. The molecule has 1 amide bonds. The lowest BCUT2D eigenvalue weighted by molar-refractivity contribution is -0.122. The Bertz CT molecular complexity index is 707. The molecule has 0 aliphatic rings. The summed E-state index contributed by atoms with van der Waals surface area (Å²) in [7, 11) is 0. The van der Waals surface area contributed by atoms with E-state index in [0.29, 0.717) is 6.42 Å². The first-order valence-corrected chi connectivity index (χ1v) is 8.04. The van der Waals surface area contributed by atoms with Crippen molar-refractivity contribution in [3.8, 4) is 5.75 Å². The minimum absolute atomic E-state index is 0.109. The quantitative estimate of drug-likeness (QED) is 0.868. The Morgan fingerprint density at radius 3 is 2.26 bits per heavy atom. The van der Waals surface area contributed by atoms with E-state index in [1.807, 2.05) is 71.0 Å². The molecule has 3 heteroatoms. The first-order valence-electron chi connectivity index (χ1n) is 8.04. The van der Waals surface area contributed by atoms with Crippen LogP contribution in [0.2, 0.25) is 0 Å². The molecule has 0 heterocycles. The highest BCUT2D eigenvalue weighted by Crippen LogP contribution is 2.23. The van der Waals surface area contributed by atoms with E-state index in [2.05, 4.69) is 5.32 Å². The van der Waals surface area contributed by atoms with Gasteiger partial charge in [-0.25, -0.2) is 0 Å². The molecule has 0 unspecified atom stereocenters. The molecule has 1 N–H and O–H groups in total. The number of rotatable bonds is 5. The minimum atomic E-state index is -0.504. The third-order valence-corrected chi connectivity index (χ3v) is 4.35. The van der Waals surface area contributed by atoms with E-state index in [1.54, 1.807) is 0 Å². The zero-order valence-corrected chi connectivity index (χ0v) is 14.6. The molecule has 0 fully saturated rings. The van der Waals surface area contributed by atoms with Gasteiger partial charge in [0.1, 0.15) is 5.75 Å². The number of hydrogen-bond acceptors (Lipinski definition) is 2. The van der Waals surface area contributed by atoms with Gasteiger partial charge in [0, 0.05) is 5.69 Å². The number of benzene rings is 2. The van der Waals surface area contributed by atoms with Gasteiger partial charge in [-0.05, 0) is 68.5 Å².